The number of ether oxygens (including phenoxy) is 1. The Labute approximate surface area is 378 Å². The molecule has 0 spiro atoms. The van der Waals surface area contributed by atoms with Crippen LogP contribution in [0.3, 0.4) is 0 Å². The lowest BCUT2D eigenvalue weighted by Crippen LogP contribution is -2.63. The highest BCUT2D eigenvalue weighted by atomic mass is 19.1. The first-order chi connectivity index (χ1) is 29.6. The number of carbonyl (C=O) groups is 2. The zero-order valence-corrected chi connectivity index (χ0v) is 40.5. The predicted molar refractivity (Wildman–Crippen MR) is 241 cm³/mol. The number of carboxylic acids is 1. The minimum absolute atomic E-state index is 0.124. The van der Waals surface area contributed by atoms with E-state index in [0.717, 1.165) is 77.0 Å². The first-order valence-electron chi connectivity index (χ1n) is 25.9. The molecule has 24 atom stereocenters. The summed E-state index contributed by atoms with van der Waals surface area (Å²) in [6.45, 7) is 18.1. The van der Waals surface area contributed by atoms with Crippen molar-refractivity contribution in [3.63, 3.8) is 0 Å². The molecule has 0 amide bonds. The van der Waals surface area contributed by atoms with Gasteiger partial charge in [-0.3, -0.25) is 9.59 Å². The Balaban J connectivity index is 0.000000189. The third-order valence-electron chi connectivity index (χ3n) is 22.2. The van der Waals surface area contributed by atoms with Crippen LogP contribution in [0.5, 0.6) is 0 Å². The standard InChI is InChI=1S/C27H45FO4.C26H43FO4/c1-6-16-20-13-22(29)21(28)14-27(20,4)19-11-12-26(3)17(15(2)7-10-23(30)32-5)8-9-18(26)24(19)25(16)31;1-5-15-19-12-21(28)20(27)13-26(19,4)18-10-11-25(3)16(14(2)6-9-22(29)30)7-8-17(25)23(18)24(15)31/h15-22,24-25,29,31H,6-14H2,1-5H3;14-21,23-24,28,31H,5-13H2,1-4H3,(H,29,30)/t15-,16-,17-,18?,19?,20+,21+,22+,24?,25-,26-,27-;14-,15-,16-,17?,18?,19+,20+,21+,23?,24-,25-,26-/m11/s1. The van der Waals surface area contributed by atoms with Crippen LogP contribution < -0.4 is 0 Å². The van der Waals surface area contributed by atoms with Gasteiger partial charge in [0.1, 0.15) is 12.3 Å². The van der Waals surface area contributed by atoms with E-state index in [-0.39, 0.29) is 81.8 Å². The zero-order chi connectivity index (χ0) is 46.1. The first kappa shape index (κ1) is 49.5. The van der Waals surface area contributed by atoms with E-state index in [0.29, 0.717) is 79.4 Å². The van der Waals surface area contributed by atoms with Gasteiger partial charge in [-0.15, -0.1) is 0 Å². The lowest BCUT2D eigenvalue weighted by atomic mass is 9.41. The molecule has 6 unspecified atom stereocenters. The molecule has 8 fully saturated rings. The second-order valence-corrected chi connectivity index (χ2v) is 24.4. The average molecular weight is 891 g/mol. The van der Waals surface area contributed by atoms with Crippen LogP contribution in [0.4, 0.5) is 8.78 Å². The fourth-order valence-electron chi connectivity index (χ4n) is 19.1. The third-order valence-corrected chi connectivity index (χ3v) is 22.2. The Morgan fingerprint density at radius 3 is 1.35 bits per heavy atom. The zero-order valence-electron chi connectivity index (χ0n) is 40.5. The maximum absolute atomic E-state index is 14.8. The highest BCUT2D eigenvalue weighted by Gasteiger charge is 2.68. The summed E-state index contributed by atoms with van der Waals surface area (Å²) in [5.74, 6) is 3.62. The number of fused-ring (bicyclic) bond motifs is 10. The normalized spacial score (nSPS) is 52.0. The molecule has 0 radical (unpaired) electrons. The molecule has 0 bridgehead atoms. The van der Waals surface area contributed by atoms with Crippen LogP contribution in [-0.2, 0) is 14.3 Å². The van der Waals surface area contributed by atoms with Gasteiger partial charge < -0.3 is 30.3 Å². The summed E-state index contributed by atoms with van der Waals surface area (Å²) in [5, 5.41) is 53.2. The molecule has 8 aliphatic rings. The Morgan fingerprint density at radius 1 is 0.603 bits per heavy atom. The summed E-state index contributed by atoms with van der Waals surface area (Å²) in [4.78, 5) is 22.8. The van der Waals surface area contributed by atoms with Gasteiger partial charge in [-0.2, -0.15) is 0 Å². The number of hydrogen-bond acceptors (Lipinski definition) is 7. The van der Waals surface area contributed by atoms with Gasteiger partial charge in [-0.25, -0.2) is 8.78 Å². The van der Waals surface area contributed by atoms with E-state index in [1.807, 2.05) is 0 Å². The summed E-state index contributed by atoms with van der Waals surface area (Å²) >= 11 is 0. The summed E-state index contributed by atoms with van der Waals surface area (Å²) in [7, 11) is 1.45. The molecule has 0 aromatic rings. The number of esters is 1. The van der Waals surface area contributed by atoms with Crippen molar-refractivity contribution in [2.75, 3.05) is 7.11 Å². The van der Waals surface area contributed by atoms with Crippen molar-refractivity contribution in [2.45, 2.75) is 208 Å². The van der Waals surface area contributed by atoms with Gasteiger partial charge in [0.25, 0.3) is 0 Å². The number of rotatable bonds is 10. The molecule has 0 aromatic heterocycles. The Hall–Kier alpha value is -1.36. The van der Waals surface area contributed by atoms with Crippen LogP contribution in [0.2, 0.25) is 0 Å². The largest absolute Gasteiger partial charge is 0.481 e. The van der Waals surface area contributed by atoms with Crippen molar-refractivity contribution in [3.8, 4) is 0 Å². The number of halogens is 2. The van der Waals surface area contributed by atoms with Gasteiger partial charge >= 0.3 is 11.9 Å². The van der Waals surface area contributed by atoms with Crippen LogP contribution in [0.1, 0.15) is 171 Å². The van der Waals surface area contributed by atoms with Gasteiger partial charge in [0.2, 0.25) is 0 Å². The van der Waals surface area contributed by atoms with Crippen molar-refractivity contribution < 1.29 is 48.6 Å². The molecule has 0 saturated heterocycles. The van der Waals surface area contributed by atoms with Gasteiger partial charge in [-0.1, -0.05) is 68.2 Å². The van der Waals surface area contributed by atoms with E-state index in [4.69, 9.17) is 9.84 Å². The fraction of sp³-hybridized carbons (Fsp3) is 0.962. The Morgan fingerprint density at radius 2 is 0.984 bits per heavy atom. The smallest absolute Gasteiger partial charge is 0.305 e. The van der Waals surface area contributed by atoms with Crippen molar-refractivity contribution in [1.29, 1.82) is 0 Å². The van der Waals surface area contributed by atoms with E-state index < -0.39 is 30.5 Å². The predicted octanol–water partition coefficient (Wildman–Crippen LogP) is 10.2. The molecule has 8 nitrogen and oxygen atoms in total. The molecule has 5 N–H and O–H groups in total. The van der Waals surface area contributed by atoms with Gasteiger partial charge in [0.05, 0.1) is 31.5 Å². The minimum Gasteiger partial charge on any atom is -0.481 e. The van der Waals surface area contributed by atoms with E-state index in [1.54, 1.807) is 0 Å². The van der Waals surface area contributed by atoms with E-state index in [1.165, 1.54) is 7.11 Å². The number of hydrogen-bond donors (Lipinski definition) is 5. The summed E-state index contributed by atoms with van der Waals surface area (Å²) in [6, 6.07) is 0. The number of aliphatic hydroxyl groups excluding tert-OH is 4. The lowest BCUT2D eigenvalue weighted by Gasteiger charge is -2.65. The summed E-state index contributed by atoms with van der Waals surface area (Å²) < 4.78 is 34.5. The molecule has 0 aromatic carbocycles. The molecule has 0 aliphatic heterocycles. The fourth-order valence-corrected chi connectivity index (χ4v) is 19.1. The number of alkyl halides is 2. The first-order valence-corrected chi connectivity index (χ1v) is 25.9. The van der Waals surface area contributed by atoms with Crippen LogP contribution in [-0.4, -0.2) is 81.3 Å². The summed E-state index contributed by atoms with van der Waals surface area (Å²) in [6.07, 6.45) is 9.80. The molecule has 362 valence electrons. The van der Waals surface area contributed by atoms with Crippen molar-refractivity contribution >= 4 is 11.9 Å². The molecule has 8 aliphatic carbocycles. The monoisotopic (exact) mass is 891 g/mol. The maximum Gasteiger partial charge on any atom is 0.305 e. The number of aliphatic carboxylic acids is 1. The molecule has 63 heavy (non-hydrogen) atoms. The average Bonchev–Trinajstić information content (AvgIpc) is 3.78. The Kier molecular flexibility index (Phi) is 14.6. The third kappa shape index (κ3) is 8.29. The van der Waals surface area contributed by atoms with Gasteiger partial charge in [0, 0.05) is 12.8 Å². The maximum atomic E-state index is 14.8. The quantitative estimate of drug-likeness (QED) is 0.136. The van der Waals surface area contributed by atoms with Crippen molar-refractivity contribution in [2.24, 2.45) is 105 Å². The summed E-state index contributed by atoms with van der Waals surface area (Å²) in [5.41, 5.74) is 0.00398. The molecule has 0 heterocycles. The van der Waals surface area contributed by atoms with Gasteiger partial charge in [0.15, 0.2) is 0 Å². The number of carbonyl (C=O) groups excluding carboxylic acids is 1. The van der Waals surface area contributed by atoms with Crippen LogP contribution in [0.25, 0.3) is 0 Å². The van der Waals surface area contributed by atoms with Crippen molar-refractivity contribution in [1.82, 2.24) is 0 Å². The highest BCUT2D eigenvalue weighted by Crippen LogP contribution is 2.71. The topological polar surface area (TPSA) is 145 Å². The molecule has 8 saturated carbocycles. The molecule has 8 rings (SSSR count). The van der Waals surface area contributed by atoms with Crippen LogP contribution >= 0.6 is 0 Å². The Bertz CT molecular complexity index is 1610. The van der Waals surface area contributed by atoms with E-state index in [9.17, 15) is 38.8 Å². The number of methoxy groups -OCH3 is 1. The van der Waals surface area contributed by atoms with Crippen LogP contribution in [0.15, 0.2) is 0 Å². The highest BCUT2D eigenvalue weighted by molar-refractivity contribution is 5.69. The SMILES string of the molecule is CC[C@H]1[C@@H](O)C2C3CC[C@H]([C@H](C)CCC(=O)O)[C@@]3(C)CCC2[C@@]2(C)C[C@H](F)[C@@H](O)C[C@@H]12.CC[C@H]1[C@@H](O)C2C3CC[C@H]([C@H](C)CCC(=O)OC)[C@@]3(C)CCC2[C@@]2(C)C[C@H](F)[C@@H](O)C[C@@H]12. The molecular formula is C53H88F2O8. The molecular weight excluding hydrogens is 803 g/mol. The lowest BCUT2D eigenvalue weighted by molar-refractivity contribution is -0.213. The second kappa shape index (κ2) is 18.6. The molecule has 10 heteroatoms. The number of carboxylic acid groups (broad SMARTS) is 1. The van der Waals surface area contributed by atoms with E-state index >= 15 is 0 Å². The number of aliphatic hydroxyl groups is 4. The second-order valence-electron chi connectivity index (χ2n) is 24.4. The van der Waals surface area contributed by atoms with Gasteiger partial charge in [-0.05, 0) is 194 Å². The van der Waals surface area contributed by atoms with Crippen molar-refractivity contribution in [3.05, 3.63) is 0 Å². The van der Waals surface area contributed by atoms with E-state index in [2.05, 4.69) is 55.4 Å². The minimum atomic E-state index is -1.16. The van der Waals surface area contributed by atoms with Crippen LogP contribution in [0, 0.1) is 105 Å².